The van der Waals surface area contributed by atoms with Gasteiger partial charge in [-0.1, -0.05) is 24.3 Å². The van der Waals surface area contributed by atoms with Crippen molar-refractivity contribution in [3.05, 3.63) is 59.2 Å². The molecule has 142 valence electrons. The van der Waals surface area contributed by atoms with Crippen LogP contribution in [0.25, 0.3) is 0 Å². The molecular formula is C22H26N2O3. The molecule has 0 unspecified atom stereocenters. The lowest BCUT2D eigenvalue weighted by Crippen LogP contribution is -2.41. The van der Waals surface area contributed by atoms with Crippen molar-refractivity contribution in [2.45, 2.75) is 39.2 Å². The first-order valence-electron chi connectivity index (χ1n) is 9.29. The monoisotopic (exact) mass is 366 g/mol. The number of carbonyl (C=O) groups is 2. The average Bonchev–Trinajstić information content (AvgIpc) is 3.00. The smallest absolute Gasteiger partial charge is 0.249 e. The summed E-state index contributed by atoms with van der Waals surface area (Å²) in [7, 11) is 1.62. The minimum absolute atomic E-state index is 0.0364. The third kappa shape index (κ3) is 4.48. The fourth-order valence-electron chi connectivity index (χ4n) is 3.60. The van der Waals surface area contributed by atoms with Crippen molar-refractivity contribution >= 4 is 17.5 Å². The van der Waals surface area contributed by atoms with E-state index in [1.165, 1.54) is 0 Å². The molecule has 2 amide bonds. The molecule has 0 spiro atoms. The van der Waals surface area contributed by atoms with Crippen LogP contribution < -0.4 is 15.0 Å². The number of nitrogens with one attached hydrogen (secondary N) is 1. The highest BCUT2D eigenvalue weighted by Gasteiger charge is 2.33. The summed E-state index contributed by atoms with van der Waals surface area (Å²) in [6.07, 6.45) is 1.54. The fourth-order valence-corrected chi connectivity index (χ4v) is 3.60. The molecule has 0 aromatic heterocycles. The van der Waals surface area contributed by atoms with E-state index in [0.717, 1.165) is 28.1 Å². The maximum absolute atomic E-state index is 12.7. The minimum Gasteiger partial charge on any atom is -0.496 e. The van der Waals surface area contributed by atoms with Gasteiger partial charge in [-0.3, -0.25) is 9.59 Å². The van der Waals surface area contributed by atoms with E-state index in [2.05, 4.69) is 11.4 Å². The standard InChI is InChI=1S/C22H26N2O3/c1-15-12-16(2)14-18(13-15)24-11-10-19(22(24)26)23-21(25)9-8-17-6-4-5-7-20(17)27-3/h4-7,12-14,19H,8-11H2,1-3H3,(H,23,25)/t19-/m1/s1. The SMILES string of the molecule is COc1ccccc1CCC(=O)N[C@@H]1CCN(c2cc(C)cc(C)c2)C1=O. The van der Waals surface area contributed by atoms with E-state index in [1.54, 1.807) is 12.0 Å². The molecule has 3 rings (SSSR count). The Labute approximate surface area is 160 Å². The molecule has 5 nitrogen and oxygen atoms in total. The number of para-hydroxylation sites is 1. The van der Waals surface area contributed by atoms with E-state index in [1.807, 2.05) is 50.2 Å². The van der Waals surface area contributed by atoms with Gasteiger partial charge in [-0.2, -0.15) is 0 Å². The highest BCUT2D eigenvalue weighted by molar-refractivity contribution is 6.01. The van der Waals surface area contributed by atoms with Crippen LogP contribution in [0.1, 0.15) is 29.5 Å². The van der Waals surface area contributed by atoms with Crippen LogP contribution in [-0.2, 0) is 16.0 Å². The first kappa shape index (κ1) is 19.0. The van der Waals surface area contributed by atoms with Crippen molar-refractivity contribution in [2.24, 2.45) is 0 Å². The number of benzene rings is 2. The zero-order chi connectivity index (χ0) is 19.4. The summed E-state index contributed by atoms with van der Waals surface area (Å²) >= 11 is 0. The van der Waals surface area contributed by atoms with Crippen LogP contribution in [0.15, 0.2) is 42.5 Å². The van der Waals surface area contributed by atoms with Gasteiger partial charge < -0.3 is 15.0 Å². The predicted octanol–water partition coefficient (Wildman–Crippen LogP) is 3.17. The maximum atomic E-state index is 12.7. The van der Waals surface area contributed by atoms with Gasteiger partial charge in [0, 0.05) is 18.7 Å². The summed E-state index contributed by atoms with van der Waals surface area (Å²) in [6, 6.07) is 13.3. The van der Waals surface area contributed by atoms with E-state index in [0.29, 0.717) is 25.8 Å². The Morgan fingerprint density at radius 3 is 2.59 bits per heavy atom. The highest BCUT2D eigenvalue weighted by Crippen LogP contribution is 2.24. The summed E-state index contributed by atoms with van der Waals surface area (Å²) in [4.78, 5) is 26.8. The number of amides is 2. The van der Waals surface area contributed by atoms with Crippen molar-refractivity contribution in [2.75, 3.05) is 18.6 Å². The molecule has 2 aromatic rings. The second-order valence-corrected chi connectivity index (χ2v) is 7.06. The van der Waals surface area contributed by atoms with Crippen LogP contribution in [-0.4, -0.2) is 31.5 Å². The number of aryl methyl sites for hydroxylation is 3. The first-order valence-corrected chi connectivity index (χ1v) is 9.29. The minimum atomic E-state index is -0.448. The van der Waals surface area contributed by atoms with Gasteiger partial charge in [0.2, 0.25) is 11.8 Å². The van der Waals surface area contributed by atoms with Gasteiger partial charge in [0.05, 0.1) is 7.11 Å². The Kier molecular flexibility index (Phi) is 5.79. The lowest BCUT2D eigenvalue weighted by molar-refractivity contribution is -0.126. The van der Waals surface area contributed by atoms with Crippen LogP contribution in [0, 0.1) is 13.8 Å². The number of ether oxygens (including phenoxy) is 1. The number of nitrogens with zero attached hydrogens (tertiary/aromatic N) is 1. The van der Waals surface area contributed by atoms with E-state index in [9.17, 15) is 9.59 Å². The topological polar surface area (TPSA) is 58.6 Å². The lowest BCUT2D eigenvalue weighted by Gasteiger charge is -2.18. The average molecular weight is 366 g/mol. The van der Waals surface area contributed by atoms with E-state index in [4.69, 9.17) is 4.74 Å². The quantitative estimate of drug-likeness (QED) is 0.854. The number of hydrogen-bond acceptors (Lipinski definition) is 3. The third-order valence-corrected chi connectivity index (χ3v) is 4.87. The normalized spacial score (nSPS) is 16.5. The molecule has 0 aliphatic carbocycles. The molecule has 1 fully saturated rings. The van der Waals surface area contributed by atoms with Crippen LogP contribution in [0.3, 0.4) is 0 Å². The van der Waals surface area contributed by atoms with Gasteiger partial charge in [-0.05, 0) is 61.6 Å². The van der Waals surface area contributed by atoms with Crippen molar-refractivity contribution in [3.8, 4) is 5.75 Å². The van der Waals surface area contributed by atoms with Gasteiger partial charge >= 0.3 is 0 Å². The van der Waals surface area contributed by atoms with Crippen molar-refractivity contribution in [1.82, 2.24) is 5.32 Å². The van der Waals surface area contributed by atoms with E-state index in [-0.39, 0.29) is 11.8 Å². The van der Waals surface area contributed by atoms with Gasteiger partial charge in [0.15, 0.2) is 0 Å². The molecule has 5 heteroatoms. The predicted molar refractivity (Wildman–Crippen MR) is 106 cm³/mol. The largest absolute Gasteiger partial charge is 0.496 e. The number of anilines is 1. The second kappa shape index (κ2) is 8.25. The number of rotatable bonds is 6. The van der Waals surface area contributed by atoms with Gasteiger partial charge in [-0.25, -0.2) is 0 Å². The maximum Gasteiger partial charge on any atom is 0.249 e. The van der Waals surface area contributed by atoms with Crippen LogP contribution in [0.5, 0.6) is 5.75 Å². The Balaban J connectivity index is 1.58. The zero-order valence-corrected chi connectivity index (χ0v) is 16.1. The summed E-state index contributed by atoms with van der Waals surface area (Å²) in [5, 5.41) is 2.89. The van der Waals surface area contributed by atoms with E-state index >= 15 is 0 Å². The summed E-state index contributed by atoms with van der Waals surface area (Å²) in [5.74, 6) is 0.635. The molecule has 0 bridgehead atoms. The fraction of sp³-hybridized carbons (Fsp3) is 0.364. The Hall–Kier alpha value is -2.82. The van der Waals surface area contributed by atoms with Crippen molar-refractivity contribution < 1.29 is 14.3 Å². The van der Waals surface area contributed by atoms with Crippen molar-refractivity contribution in [3.63, 3.8) is 0 Å². The van der Waals surface area contributed by atoms with Crippen LogP contribution in [0.2, 0.25) is 0 Å². The molecule has 2 aromatic carbocycles. The van der Waals surface area contributed by atoms with E-state index < -0.39 is 6.04 Å². The molecule has 27 heavy (non-hydrogen) atoms. The highest BCUT2D eigenvalue weighted by atomic mass is 16.5. The molecule has 1 aliphatic rings. The summed E-state index contributed by atoms with van der Waals surface area (Å²) < 4.78 is 5.32. The second-order valence-electron chi connectivity index (χ2n) is 7.06. The third-order valence-electron chi connectivity index (χ3n) is 4.87. The molecule has 0 saturated carbocycles. The lowest BCUT2D eigenvalue weighted by atomic mass is 10.1. The molecule has 1 aliphatic heterocycles. The summed E-state index contributed by atoms with van der Waals surface area (Å²) in [6.45, 7) is 4.67. The molecule has 1 atom stereocenters. The van der Waals surface area contributed by atoms with Gasteiger partial charge in [0.1, 0.15) is 11.8 Å². The molecule has 0 radical (unpaired) electrons. The molecule has 1 heterocycles. The number of carbonyl (C=O) groups excluding carboxylic acids is 2. The Bertz CT molecular complexity index is 827. The number of hydrogen-bond donors (Lipinski definition) is 1. The Morgan fingerprint density at radius 2 is 1.89 bits per heavy atom. The van der Waals surface area contributed by atoms with Crippen molar-refractivity contribution in [1.29, 1.82) is 0 Å². The van der Waals surface area contributed by atoms with Gasteiger partial charge in [-0.15, -0.1) is 0 Å². The van der Waals surface area contributed by atoms with Crippen LogP contribution in [0.4, 0.5) is 5.69 Å². The Morgan fingerprint density at radius 1 is 1.19 bits per heavy atom. The molecule has 1 N–H and O–H groups in total. The first-order chi connectivity index (χ1) is 13.0. The molecule has 1 saturated heterocycles. The van der Waals surface area contributed by atoms with Crippen LogP contribution >= 0.6 is 0 Å². The summed E-state index contributed by atoms with van der Waals surface area (Å²) in [5.41, 5.74) is 4.15. The number of methoxy groups -OCH3 is 1. The zero-order valence-electron chi connectivity index (χ0n) is 16.1. The molecular weight excluding hydrogens is 340 g/mol. The van der Waals surface area contributed by atoms with Gasteiger partial charge in [0.25, 0.3) is 0 Å².